The van der Waals surface area contributed by atoms with Gasteiger partial charge in [0, 0.05) is 21.1 Å². The Morgan fingerprint density at radius 2 is 1.82 bits per heavy atom. The lowest BCUT2D eigenvalue weighted by molar-refractivity contribution is -0.115. The van der Waals surface area contributed by atoms with Crippen LogP contribution in [0.15, 0.2) is 76.4 Å². The van der Waals surface area contributed by atoms with Crippen LogP contribution in [0.3, 0.4) is 0 Å². The number of rotatable bonds is 5. The molecule has 1 amide bonds. The molecule has 5 nitrogen and oxygen atoms in total. The van der Waals surface area contributed by atoms with Gasteiger partial charge in [-0.15, -0.1) is 5.10 Å². The zero-order valence-corrected chi connectivity index (χ0v) is 17.4. The van der Waals surface area contributed by atoms with E-state index in [1.807, 2.05) is 73.7 Å². The molecule has 4 rings (SSSR count). The van der Waals surface area contributed by atoms with Crippen molar-refractivity contribution in [3.63, 3.8) is 0 Å². The van der Waals surface area contributed by atoms with Gasteiger partial charge in [0.15, 0.2) is 5.82 Å². The summed E-state index contributed by atoms with van der Waals surface area (Å²) in [5.74, 6) is 0.574. The van der Waals surface area contributed by atoms with Crippen LogP contribution in [0.5, 0.6) is 0 Å². The van der Waals surface area contributed by atoms with Crippen molar-refractivity contribution < 1.29 is 4.79 Å². The molecule has 0 spiro atoms. The van der Waals surface area contributed by atoms with Crippen molar-refractivity contribution in [2.45, 2.75) is 17.3 Å². The summed E-state index contributed by atoms with van der Waals surface area (Å²) < 4.78 is 0.935. The molecular weight excluding hydrogens is 436 g/mol. The molecule has 0 saturated heterocycles. The Morgan fingerprint density at radius 3 is 2.68 bits per heavy atom. The summed E-state index contributed by atoms with van der Waals surface area (Å²) in [6, 6.07) is 21.6. The van der Waals surface area contributed by atoms with Crippen molar-refractivity contribution in [3.05, 3.63) is 71.2 Å². The van der Waals surface area contributed by atoms with Gasteiger partial charge in [0.1, 0.15) is 0 Å². The van der Waals surface area contributed by atoms with E-state index in [1.165, 1.54) is 11.8 Å². The molecule has 1 atom stereocenters. The fraction of sp³-hybridized carbons (Fsp3) is 0.0952. The number of nitrogens with zero attached hydrogens (tertiary/aromatic N) is 2. The number of carbonyl (C=O) groups is 1. The van der Waals surface area contributed by atoms with E-state index in [0.29, 0.717) is 11.0 Å². The summed E-state index contributed by atoms with van der Waals surface area (Å²) in [6.07, 6.45) is 0. The number of amides is 1. The number of thioether (sulfide) groups is 1. The molecule has 3 aromatic carbocycles. The maximum atomic E-state index is 12.7. The second kappa shape index (κ2) is 8.16. The molecule has 28 heavy (non-hydrogen) atoms. The van der Waals surface area contributed by atoms with E-state index in [4.69, 9.17) is 0 Å². The summed E-state index contributed by atoms with van der Waals surface area (Å²) in [5, 5.41) is 12.5. The van der Waals surface area contributed by atoms with E-state index >= 15 is 0 Å². The molecule has 0 bridgehead atoms. The van der Waals surface area contributed by atoms with Crippen molar-refractivity contribution in [2.75, 3.05) is 5.32 Å². The van der Waals surface area contributed by atoms with Crippen molar-refractivity contribution >= 4 is 50.1 Å². The summed E-state index contributed by atoms with van der Waals surface area (Å²) in [4.78, 5) is 17.2. The van der Waals surface area contributed by atoms with Gasteiger partial charge in [-0.1, -0.05) is 82.3 Å². The lowest BCUT2D eigenvalue weighted by atomic mass is 10.1. The predicted octanol–water partition coefficient (Wildman–Crippen LogP) is 5.51. The molecule has 0 aliphatic heterocycles. The zero-order chi connectivity index (χ0) is 19.5. The molecule has 0 unspecified atom stereocenters. The van der Waals surface area contributed by atoms with Gasteiger partial charge in [0.05, 0.1) is 5.25 Å². The van der Waals surface area contributed by atoms with E-state index in [-0.39, 0.29) is 11.2 Å². The average Bonchev–Trinajstić information content (AvgIpc) is 3.16. The Bertz CT molecular complexity index is 1140. The van der Waals surface area contributed by atoms with E-state index in [9.17, 15) is 4.79 Å². The summed E-state index contributed by atoms with van der Waals surface area (Å²) in [5.41, 5.74) is 1.73. The highest BCUT2D eigenvalue weighted by Gasteiger charge is 2.18. The van der Waals surface area contributed by atoms with Gasteiger partial charge >= 0.3 is 0 Å². The number of hydrogen-bond donors (Lipinski definition) is 2. The second-order valence-corrected chi connectivity index (χ2v) is 8.38. The average molecular weight is 453 g/mol. The lowest BCUT2D eigenvalue weighted by Gasteiger charge is -2.12. The quantitative estimate of drug-likeness (QED) is 0.391. The highest BCUT2D eigenvalue weighted by Crippen LogP contribution is 2.28. The van der Waals surface area contributed by atoms with Gasteiger partial charge in [-0.05, 0) is 24.4 Å². The van der Waals surface area contributed by atoms with Gasteiger partial charge in [-0.3, -0.25) is 9.89 Å². The monoisotopic (exact) mass is 452 g/mol. The van der Waals surface area contributed by atoms with Crippen LogP contribution in [-0.4, -0.2) is 26.3 Å². The number of carbonyl (C=O) groups excluding carboxylic acids is 1. The molecule has 1 heterocycles. The van der Waals surface area contributed by atoms with Gasteiger partial charge < -0.3 is 5.32 Å². The van der Waals surface area contributed by atoms with Crippen LogP contribution in [0.1, 0.15) is 6.92 Å². The van der Waals surface area contributed by atoms with Gasteiger partial charge in [-0.2, -0.15) is 0 Å². The first-order chi connectivity index (χ1) is 13.6. The molecule has 1 aromatic heterocycles. The fourth-order valence-corrected chi connectivity index (χ4v) is 4.05. The van der Waals surface area contributed by atoms with Crippen LogP contribution >= 0.6 is 27.7 Å². The first-order valence-corrected chi connectivity index (χ1v) is 10.4. The number of aromatic amines is 1. The molecule has 4 aromatic rings. The Kier molecular flexibility index (Phi) is 5.45. The number of aromatic nitrogens is 3. The number of halogens is 1. The number of nitrogens with one attached hydrogen (secondary N) is 2. The van der Waals surface area contributed by atoms with Crippen molar-refractivity contribution in [1.82, 2.24) is 15.2 Å². The Hall–Kier alpha value is -2.64. The van der Waals surface area contributed by atoms with Crippen LogP contribution in [0, 0.1) is 0 Å². The maximum absolute atomic E-state index is 12.7. The summed E-state index contributed by atoms with van der Waals surface area (Å²) in [7, 11) is 0. The molecule has 0 saturated carbocycles. The van der Waals surface area contributed by atoms with Gasteiger partial charge in [0.2, 0.25) is 11.1 Å². The minimum absolute atomic E-state index is 0.0893. The van der Waals surface area contributed by atoms with Crippen LogP contribution in [0.25, 0.3) is 22.2 Å². The Morgan fingerprint density at radius 1 is 1.07 bits per heavy atom. The molecule has 0 radical (unpaired) electrons. The van der Waals surface area contributed by atoms with E-state index in [2.05, 4.69) is 36.4 Å². The van der Waals surface area contributed by atoms with Crippen molar-refractivity contribution in [2.24, 2.45) is 0 Å². The van der Waals surface area contributed by atoms with Crippen LogP contribution < -0.4 is 5.32 Å². The largest absolute Gasteiger partial charge is 0.325 e. The number of anilines is 1. The fourth-order valence-electron chi connectivity index (χ4n) is 2.85. The highest BCUT2D eigenvalue weighted by atomic mass is 79.9. The third kappa shape index (κ3) is 3.95. The smallest absolute Gasteiger partial charge is 0.237 e. The number of hydrogen-bond acceptors (Lipinski definition) is 4. The third-order valence-corrected chi connectivity index (χ3v) is 5.95. The first-order valence-electron chi connectivity index (χ1n) is 8.74. The minimum atomic E-state index is -0.346. The van der Waals surface area contributed by atoms with Crippen molar-refractivity contribution in [1.29, 1.82) is 0 Å². The van der Waals surface area contributed by atoms with Crippen LogP contribution in [0.4, 0.5) is 5.69 Å². The lowest BCUT2D eigenvalue weighted by Crippen LogP contribution is -2.22. The minimum Gasteiger partial charge on any atom is -0.325 e. The molecule has 7 heteroatoms. The number of fused-ring (bicyclic) bond motifs is 1. The second-order valence-electron chi connectivity index (χ2n) is 6.22. The number of H-pyrrole nitrogens is 1. The summed E-state index contributed by atoms with van der Waals surface area (Å²) in [6.45, 7) is 1.85. The summed E-state index contributed by atoms with van der Waals surface area (Å²) >= 11 is 4.83. The van der Waals surface area contributed by atoms with Crippen molar-refractivity contribution in [3.8, 4) is 11.4 Å². The van der Waals surface area contributed by atoms with E-state index in [0.717, 1.165) is 26.5 Å². The maximum Gasteiger partial charge on any atom is 0.237 e. The molecule has 140 valence electrons. The topological polar surface area (TPSA) is 70.7 Å². The van der Waals surface area contributed by atoms with E-state index < -0.39 is 0 Å². The standard InChI is InChI=1S/C21H17BrN4OS/c1-13(20(27)23-18-12-6-8-14-7-2-3-9-15(14)18)28-21-24-19(25-26-21)16-10-4-5-11-17(16)22/h2-13H,1H3,(H,23,27)(H,24,25,26)/t13-/m0/s1. The first kappa shape index (κ1) is 18.7. The number of benzene rings is 3. The van der Waals surface area contributed by atoms with Gasteiger partial charge in [0.25, 0.3) is 0 Å². The molecule has 0 fully saturated rings. The normalized spacial score (nSPS) is 12.1. The van der Waals surface area contributed by atoms with Gasteiger partial charge in [-0.25, -0.2) is 4.98 Å². The highest BCUT2D eigenvalue weighted by molar-refractivity contribution is 9.10. The SMILES string of the molecule is C[C@H](Sc1n[nH]c(-c2ccccc2Br)n1)C(=O)Nc1cccc2ccccc12. The molecular formula is C21H17BrN4OS. The molecule has 0 aliphatic carbocycles. The Labute approximate surface area is 175 Å². The third-order valence-electron chi connectivity index (χ3n) is 4.29. The van der Waals surface area contributed by atoms with E-state index in [1.54, 1.807) is 0 Å². The Balaban J connectivity index is 1.47. The molecule has 0 aliphatic rings. The van der Waals surface area contributed by atoms with Crippen LogP contribution in [0.2, 0.25) is 0 Å². The van der Waals surface area contributed by atoms with Crippen LogP contribution in [-0.2, 0) is 4.79 Å². The zero-order valence-electron chi connectivity index (χ0n) is 15.0. The molecule has 2 N–H and O–H groups in total. The predicted molar refractivity (Wildman–Crippen MR) is 117 cm³/mol.